The molecular weight excluding hydrogens is 400 g/mol. The number of carbonyl (C=O) groups excluding carboxylic acids is 2. The van der Waals surface area contributed by atoms with E-state index in [1.165, 1.54) is 4.90 Å². The van der Waals surface area contributed by atoms with E-state index in [1.807, 2.05) is 71.0 Å². The van der Waals surface area contributed by atoms with Crippen LogP contribution in [0, 0.1) is 13.8 Å². The number of amides is 2. The van der Waals surface area contributed by atoms with Crippen LogP contribution in [0.5, 0.6) is 5.75 Å². The first-order valence-corrected chi connectivity index (χ1v) is 10.4. The van der Waals surface area contributed by atoms with Crippen molar-refractivity contribution in [1.29, 1.82) is 0 Å². The van der Waals surface area contributed by atoms with Crippen LogP contribution in [0.25, 0.3) is 0 Å². The molecule has 1 atom stereocenters. The van der Waals surface area contributed by atoms with Crippen LogP contribution < -0.4 is 10.1 Å². The Kier molecular flexibility index (Phi) is 7.90. The van der Waals surface area contributed by atoms with Gasteiger partial charge in [-0.25, -0.2) is 0 Å². The average molecular weight is 431 g/mol. The van der Waals surface area contributed by atoms with Gasteiger partial charge < -0.3 is 15.0 Å². The molecule has 0 aliphatic carbocycles. The van der Waals surface area contributed by atoms with Crippen molar-refractivity contribution in [3.63, 3.8) is 0 Å². The third-order valence-electron chi connectivity index (χ3n) is 4.87. The molecule has 0 saturated carbocycles. The molecule has 2 aromatic carbocycles. The van der Waals surface area contributed by atoms with E-state index in [-0.39, 0.29) is 25.0 Å². The lowest BCUT2D eigenvalue weighted by Crippen LogP contribution is -2.53. The number of ether oxygens (including phenoxy) is 1. The molecule has 30 heavy (non-hydrogen) atoms. The fourth-order valence-corrected chi connectivity index (χ4v) is 3.17. The summed E-state index contributed by atoms with van der Waals surface area (Å²) in [7, 11) is 0. The first-order chi connectivity index (χ1) is 14.0. The molecular formula is C24H31ClN2O3. The Hall–Kier alpha value is -2.53. The van der Waals surface area contributed by atoms with Crippen molar-refractivity contribution >= 4 is 23.4 Å². The first-order valence-electron chi connectivity index (χ1n) is 10.0. The van der Waals surface area contributed by atoms with Gasteiger partial charge in [0.25, 0.3) is 5.91 Å². The Morgan fingerprint density at radius 1 is 1.10 bits per heavy atom. The number of aryl methyl sites for hydroxylation is 1. The molecule has 5 nitrogen and oxygen atoms in total. The van der Waals surface area contributed by atoms with E-state index in [0.29, 0.717) is 10.8 Å². The number of halogens is 1. The number of hydrogen-bond acceptors (Lipinski definition) is 3. The average Bonchev–Trinajstić information content (AvgIpc) is 2.66. The fraction of sp³-hybridized carbons (Fsp3) is 0.417. The largest absolute Gasteiger partial charge is 0.483 e. The number of rotatable bonds is 7. The summed E-state index contributed by atoms with van der Waals surface area (Å²) in [5.41, 5.74) is 2.45. The van der Waals surface area contributed by atoms with Gasteiger partial charge in [0.1, 0.15) is 11.8 Å². The van der Waals surface area contributed by atoms with Crippen molar-refractivity contribution in [2.45, 2.75) is 59.7 Å². The summed E-state index contributed by atoms with van der Waals surface area (Å²) >= 11 is 6.31. The van der Waals surface area contributed by atoms with E-state index in [0.717, 1.165) is 16.7 Å². The highest BCUT2D eigenvalue weighted by Crippen LogP contribution is 2.22. The number of hydrogen-bond donors (Lipinski definition) is 1. The van der Waals surface area contributed by atoms with E-state index in [4.69, 9.17) is 16.3 Å². The van der Waals surface area contributed by atoms with Gasteiger partial charge in [0.2, 0.25) is 5.91 Å². The van der Waals surface area contributed by atoms with Crippen LogP contribution in [0.4, 0.5) is 0 Å². The summed E-state index contributed by atoms with van der Waals surface area (Å²) in [4.78, 5) is 27.4. The summed E-state index contributed by atoms with van der Waals surface area (Å²) in [6, 6.07) is 12.3. The lowest BCUT2D eigenvalue weighted by molar-refractivity contribution is -0.142. The molecule has 0 radical (unpaired) electrons. The second kappa shape index (κ2) is 9.98. The van der Waals surface area contributed by atoms with Gasteiger partial charge >= 0.3 is 0 Å². The highest BCUT2D eigenvalue weighted by Gasteiger charge is 2.29. The number of benzene rings is 2. The van der Waals surface area contributed by atoms with E-state index in [1.54, 1.807) is 13.0 Å². The predicted molar refractivity (Wildman–Crippen MR) is 121 cm³/mol. The summed E-state index contributed by atoms with van der Waals surface area (Å²) in [6.07, 6.45) is 0. The summed E-state index contributed by atoms with van der Waals surface area (Å²) in [5.74, 6) is 0.148. The second-order valence-corrected chi connectivity index (χ2v) is 8.92. The zero-order chi connectivity index (χ0) is 22.5. The minimum Gasteiger partial charge on any atom is -0.483 e. The van der Waals surface area contributed by atoms with Gasteiger partial charge in [0.05, 0.1) is 0 Å². The quantitative estimate of drug-likeness (QED) is 0.694. The molecule has 0 aromatic heterocycles. The zero-order valence-corrected chi connectivity index (χ0v) is 19.3. The number of carbonyl (C=O) groups is 2. The molecule has 1 N–H and O–H groups in total. The molecule has 6 heteroatoms. The van der Waals surface area contributed by atoms with Crippen LogP contribution >= 0.6 is 11.6 Å². The van der Waals surface area contributed by atoms with Crippen molar-refractivity contribution in [3.05, 3.63) is 64.2 Å². The molecule has 0 aliphatic rings. The fourth-order valence-electron chi connectivity index (χ4n) is 2.97. The molecule has 0 heterocycles. The third kappa shape index (κ3) is 6.49. The summed E-state index contributed by atoms with van der Waals surface area (Å²) in [6.45, 7) is 11.4. The monoisotopic (exact) mass is 430 g/mol. The normalized spacial score (nSPS) is 12.2. The van der Waals surface area contributed by atoms with Crippen molar-refractivity contribution in [1.82, 2.24) is 10.2 Å². The molecule has 2 amide bonds. The Morgan fingerprint density at radius 2 is 1.77 bits per heavy atom. The Balaban J connectivity index is 2.22. The third-order valence-corrected chi connectivity index (χ3v) is 5.24. The van der Waals surface area contributed by atoms with Crippen molar-refractivity contribution in [3.8, 4) is 5.75 Å². The molecule has 0 fully saturated rings. The lowest BCUT2D eigenvalue weighted by Gasteiger charge is -2.31. The van der Waals surface area contributed by atoms with Crippen LogP contribution in [0.1, 0.15) is 44.4 Å². The van der Waals surface area contributed by atoms with E-state index in [2.05, 4.69) is 5.32 Å². The van der Waals surface area contributed by atoms with E-state index in [9.17, 15) is 9.59 Å². The maximum atomic E-state index is 13.1. The van der Waals surface area contributed by atoms with Gasteiger partial charge in [0.15, 0.2) is 6.61 Å². The van der Waals surface area contributed by atoms with Crippen molar-refractivity contribution in [2.24, 2.45) is 0 Å². The van der Waals surface area contributed by atoms with Gasteiger partial charge in [-0.3, -0.25) is 9.59 Å². The summed E-state index contributed by atoms with van der Waals surface area (Å²) in [5, 5.41) is 3.49. The standard InChI is InChI=1S/C24H31ClN2O3/c1-16-10-9-13-21(17(16)2)30-15-22(28)27(14-19-11-7-8-12-20(19)25)18(3)23(29)26-24(4,5)6/h7-13,18H,14-15H2,1-6H3,(H,26,29). The van der Waals surface area contributed by atoms with Crippen molar-refractivity contribution in [2.75, 3.05) is 6.61 Å². The van der Waals surface area contributed by atoms with E-state index < -0.39 is 11.6 Å². The molecule has 0 aliphatic heterocycles. The second-order valence-electron chi connectivity index (χ2n) is 8.51. The first kappa shape index (κ1) is 23.7. The SMILES string of the molecule is Cc1cccc(OCC(=O)N(Cc2ccccc2Cl)C(C)C(=O)NC(C)(C)C)c1C. The van der Waals surface area contributed by atoms with Gasteiger partial charge in [-0.05, 0) is 70.4 Å². The topological polar surface area (TPSA) is 58.6 Å². The van der Waals surface area contributed by atoms with Crippen LogP contribution in [-0.4, -0.2) is 34.9 Å². The molecule has 1 unspecified atom stereocenters. The number of nitrogens with one attached hydrogen (secondary N) is 1. The van der Waals surface area contributed by atoms with Gasteiger partial charge in [-0.15, -0.1) is 0 Å². The maximum absolute atomic E-state index is 13.1. The molecule has 162 valence electrons. The molecule has 2 rings (SSSR count). The Labute approximate surface area is 184 Å². The van der Waals surface area contributed by atoms with Gasteiger partial charge in [-0.2, -0.15) is 0 Å². The molecule has 0 spiro atoms. The van der Waals surface area contributed by atoms with Gasteiger partial charge in [-0.1, -0.05) is 41.9 Å². The van der Waals surface area contributed by atoms with Gasteiger partial charge in [0, 0.05) is 17.1 Å². The highest BCUT2D eigenvalue weighted by atomic mass is 35.5. The summed E-state index contributed by atoms with van der Waals surface area (Å²) < 4.78 is 5.80. The zero-order valence-electron chi connectivity index (χ0n) is 18.6. The lowest BCUT2D eigenvalue weighted by atomic mass is 10.1. The van der Waals surface area contributed by atoms with Crippen LogP contribution in [0.3, 0.4) is 0 Å². The maximum Gasteiger partial charge on any atom is 0.261 e. The van der Waals surface area contributed by atoms with Crippen molar-refractivity contribution < 1.29 is 14.3 Å². The smallest absolute Gasteiger partial charge is 0.261 e. The van der Waals surface area contributed by atoms with E-state index >= 15 is 0 Å². The Bertz CT molecular complexity index is 906. The van der Waals surface area contributed by atoms with Crippen LogP contribution in [0.2, 0.25) is 5.02 Å². The molecule has 2 aromatic rings. The van der Waals surface area contributed by atoms with Crippen LogP contribution in [-0.2, 0) is 16.1 Å². The molecule has 0 saturated heterocycles. The highest BCUT2D eigenvalue weighted by molar-refractivity contribution is 6.31. The number of nitrogens with zero attached hydrogens (tertiary/aromatic N) is 1. The van der Waals surface area contributed by atoms with Crippen LogP contribution in [0.15, 0.2) is 42.5 Å². The minimum atomic E-state index is -0.685. The Morgan fingerprint density at radius 3 is 2.40 bits per heavy atom. The molecule has 0 bridgehead atoms. The minimum absolute atomic E-state index is 0.165. The predicted octanol–water partition coefficient (Wildman–Crippen LogP) is 4.67.